The number of morpholine rings is 1. The zero-order valence-electron chi connectivity index (χ0n) is 12.8. The quantitative estimate of drug-likeness (QED) is 0.844. The molecule has 1 heterocycles. The molecule has 2 atom stereocenters. The number of ether oxygens (including phenoxy) is 1. The summed E-state index contributed by atoms with van der Waals surface area (Å²) in [5.74, 6) is -0.212. The molecule has 2 N–H and O–H groups in total. The van der Waals surface area contributed by atoms with E-state index in [1.54, 1.807) is 6.07 Å². The van der Waals surface area contributed by atoms with Gasteiger partial charge in [0.1, 0.15) is 5.82 Å². The van der Waals surface area contributed by atoms with Crippen LogP contribution in [0.25, 0.3) is 0 Å². The fourth-order valence-electron chi connectivity index (χ4n) is 2.72. The molecule has 2 rings (SSSR count). The van der Waals surface area contributed by atoms with E-state index in [0.717, 1.165) is 18.5 Å². The van der Waals surface area contributed by atoms with Crippen molar-refractivity contribution in [2.45, 2.75) is 32.4 Å². The van der Waals surface area contributed by atoms with Crippen molar-refractivity contribution in [1.82, 2.24) is 5.32 Å². The molecule has 4 nitrogen and oxygen atoms in total. The maximum atomic E-state index is 14.4. The monoisotopic (exact) mass is 296 g/mol. The molecule has 0 radical (unpaired) electrons. The number of para-hydroxylation sites is 1. The third kappa shape index (κ3) is 3.93. The molecule has 0 saturated carbocycles. The molecule has 118 valence electrons. The Kier molecular flexibility index (Phi) is 5.96. The molecule has 1 aromatic rings. The highest BCUT2D eigenvalue weighted by Gasteiger charge is 2.25. The predicted octanol–water partition coefficient (Wildman–Crippen LogP) is 2.08. The highest BCUT2D eigenvalue weighted by molar-refractivity contribution is 5.56. The van der Waals surface area contributed by atoms with Crippen molar-refractivity contribution in [1.29, 1.82) is 0 Å². The molecule has 0 aromatic heterocycles. The zero-order valence-corrected chi connectivity index (χ0v) is 12.8. The average Bonchev–Trinajstić information content (AvgIpc) is 2.52. The standard InChI is InChI=1S/C16H25FN2O2/c1-3-7-18-12(2)14-5-4-6-15(17)16(14)19-8-9-21-13(10-19)11-20/h4-6,12-13,18,20H,3,7-11H2,1-2H3. The molecule has 1 aromatic carbocycles. The number of aliphatic hydroxyl groups excluding tert-OH is 1. The average molecular weight is 296 g/mol. The highest BCUT2D eigenvalue weighted by Crippen LogP contribution is 2.30. The number of rotatable bonds is 6. The Morgan fingerprint density at radius 3 is 3.05 bits per heavy atom. The third-order valence-corrected chi connectivity index (χ3v) is 3.84. The second-order valence-corrected chi connectivity index (χ2v) is 5.47. The van der Waals surface area contributed by atoms with Crippen LogP contribution in [0.5, 0.6) is 0 Å². The molecule has 0 amide bonds. The molecule has 5 heteroatoms. The lowest BCUT2D eigenvalue weighted by Crippen LogP contribution is -2.45. The van der Waals surface area contributed by atoms with E-state index < -0.39 is 0 Å². The Bertz CT molecular complexity index is 456. The molecule has 2 unspecified atom stereocenters. The molecule has 1 fully saturated rings. The van der Waals surface area contributed by atoms with Crippen LogP contribution in [0.1, 0.15) is 31.9 Å². The van der Waals surface area contributed by atoms with Gasteiger partial charge in [-0.3, -0.25) is 0 Å². The van der Waals surface area contributed by atoms with Crippen LogP contribution in [0, 0.1) is 5.82 Å². The van der Waals surface area contributed by atoms with Crippen molar-refractivity contribution in [3.8, 4) is 0 Å². The number of nitrogens with one attached hydrogen (secondary N) is 1. The lowest BCUT2D eigenvalue weighted by Gasteiger charge is -2.36. The van der Waals surface area contributed by atoms with Crippen molar-refractivity contribution in [2.75, 3.05) is 37.7 Å². The normalized spacial score (nSPS) is 20.6. The largest absolute Gasteiger partial charge is 0.394 e. The smallest absolute Gasteiger partial charge is 0.146 e. The Morgan fingerprint density at radius 1 is 1.52 bits per heavy atom. The van der Waals surface area contributed by atoms with Gasteiger partial charge in [-0.2, -0.15) is 0 Å². The van der Waals surface area contributed by atoms with E-state index in [9.17, 15) is 9.50 Å². The van der Waals surface area contributed by atoms with Crippen LogP contribution in [0.3, 0.4) is 0 Å². The van der Waals surface area contributed by atoms with Gasteiger partial charge in [0.2, 0.25) is 0 Å². The predicted molar refractivity (Wildman–Crippen MR) is 82.1 cm³/mol. The summed E-state index contributed by atoms with van der Waals surface area (Å²) in [6.45, 7) is 6.70. The van der Waals surface area contributed by atoms with Gasteiger partial charge in [0.05, 0.1) is 25.0 Å². The van der Waals surface area contributed by atoms with Gasteiger partial charge >= 0.3 is 0 Å². The van der Waals surface area contributed by atoms with Crippen LogP contribution in [-0.4, -0.2) is 44.1 Å². The highest BCUT2D eigenvalue weighted by atomic mass is 19.1. The van der Waals surface area contributed by atoms with Crippen LogP contribution in [-0.2, 0) is 4.74 Å². The fourth-order valence-corrected chi connectivity index (χ4v) is 2.72. The van der Waals surface area contributed by atoms with Crippen molar-refractivity contribution in [2.24, 2.45) is 0 Å². The molecule has 1 aliphatic rings. The van der Waals surface area contributed by atoms with Crippen LogP contribution in [0.2, 0.25) is 0 Å². The van der Waals surface area contributed by atoms with E-state index in [1.807, 2.05) is 11.0 Å². The van der Waals surface area contributed by atoms with Crippen LogP contribution >= 0.6 is 0 Å². The zero-order chi connectivity index (χ0) is 15.2. The van der Waals surface area contributed by atoms with Gasteiger partial charge in [0.15, 0.2) is 0 Å². The summed E-state index contributed by atoms with van der Waals surface area (Å²) < 4.78 is 19.8. The van der Waals surface area contributed by atoms with Crippen LogP contribution < -0.4 is 10.2 Å². The van der Waals surface area contributed by atoms with Gasteiger partial charge in [0.25, 0.3) is 0 Å². The minimum atomic E-state index is -0.245. The van der Waals surface area contributed by atoms with E-state index in [1.165, 1.54) is 6.07 Å². The summed E-state index contributed by atoms with van der Waals surface area (Å²) in [6.07, 6.45) is 0.796. The summed E-state index contributed by atoms with van der Waals surface area (Å²) in [6, 6.07) is 5.30. The number of benzene rings is 1. The van der Waals surface area contributed by atoms with Crippen molar-refractivity contribution < 1.29 is 14.2 Å². The molecule has 0 spiro atoms. The Labute approximate surface area is 125 Å². The first-order valence-electron chi connectivity index (χ1n) is 7.66. The molecular formula is C16H25FN2O2. The minimum absolute atomic E-state index is 0.0378. The number of aliphatic hydroxyl groups is 1. The number of halogens is 1. The number of hydrogen-bond acceptors (Lipinski definition) is 4. The van der Waals surface area contributed by atoms with Gasteiger partial charge in [-0.1, -0.05) is 19.1 Å². The molecular weight excluding hydrogens is 271 g/mol. The molecule has 21 heavy (non-hydrogen) atoms. The first kappa shape index (κ1) is 16.2. The molecule has 0 aliphatic carbocycles. The lowest BCUT2D eigenvalue weighted by molar-refractivity contribution is 0.00334. The van der Waals surface area contributed by atoms with Crippen molar-refractivity contribution >= 4 is 5.69 Å². The molecule has 0 bridgehead atoms. The number of nitrogens with zero attached hydrogens (tertiary/aromatic N) is 1. The number of anilines is 1. The Hall–Kier alpha value is -1.17. The topological polar surface area (TPSA) is 44.7 Å². The lowest BCUT2D eigenvalue weighted by atomic mass is 10.0. The van der Waals surface area contributed by atoms with E-state index >= 15 is 0 Å². The third-order valence-electron chi connectivity index (χ3n) is 3.84. The minimum Gasteiger partial charge on any atom is -0.394 e. The van der Waals surface area contributed by atoms with Crippen LogP contribution in [0.15, 0.2) is 18.2 Å². The first-order chi connectivity index (χ1) is 10.2. The van der Waals surface area contributed by atoms with E-state index in [-0.39, 0.29) is 24.6 Å². The second-order valence-electron chi connectivity index (χ2n) is 5.47. The van der Waals surface area contributed by atoms with Crippen molar-refractivity contribution in [3.63, 3.8) is 0 Å². The number of hydrogen-bond donors (Lipinski definition) is 2. The molecule has 1 saturated heterocycles. The van der Waals surface area contributed by atoms with E-state index in [2.05, 4.69) is 19.2 Å². The fraction of sp³-hybridized carbons (Fsp3) is 0.625. The van der Waals surface area contributed by atoms with Crippen molar-refractivity contribution in [3.05, 3.63) is 29.6 Å². The van der Waals surface area contributed by atoms with E-state index in [4.69, 9.17) is 4.74 Å². The van der Waals surface area contributed by atoms with Gasteiger partial charge in [-0.05, 0) is 31.5 Å². The Balaban J connectivity index is 2.24. The summed E-state index contributed by atoms with van der Waals surface area (Å²) in [5.41, 5.74) is 1.59. The maximum absolute atomic E-state index is 14.4. The van der Waals surface area contributed by atoms with Gasteiger partial charge in [0, 0.05) is 19.1 Å². The van der Waals surface area contributed by atoms with Crippen LogP contribution in [0.4, 0.5) is 10.1 Å². The van der Waals surface area contributed by atoms with Gasteiger partial charge in [-0.15, -0.1) is 0 Å². The second kappa shape index (κ2) is 7.73. The van der Waals surface area contributed by atoms with E-state index in [0.29, 0.717) is 25.4 Å². The molecule has 1 aliphatic heterocycles. The Morgan fingerprint density at radius 2 is 2.33 bits per heavy atom. The summed E-state index contributed by atoms with van der Waals surface area (Å²) in [4.78, 5) is 1.99. The maximum Gasteiger partial charge on any atom is 0.146 e. The van der Waals surface area contributed by atoms with Gasteiger partial charge in [-0.25, -0.2) is 4.39 Å². The summed E-state index contributed by atoms with van der Waals surface area (Å²) >= 11 is 0. The SMILES string of the molecule is CCCNC(C)c1cccc(F)c1N1CCOC(CO)C1. The first-order valence-corrected chi connectivity index (χ1v) is 7.66. The summed E-state index contributed by atoms with van der Waals surface area (Å²) in [7, 11) is 0. The van der Waals surface area contributed by atoms with Gasteiger partial charge < -0.3 is 20.1 Å². The summed E-state index contributed by atoms with van der Waals surface area (Å²) in [5, 5.41) is 12.7.